The van der Waals surface area contributed by atoms with E-state index >= 15 is 0 Å². The van der Waals surface area contributed by atoms with Gasteiger partial charge < -0.3 is 14.2 Å². The molecule has 0 aromatic heterocycles. The highest BCUT2D eigenvalue weighted by Gasteiger charge is 2.07. The minimum Gasteiger partial charge on any atom is -0.466 e. The Balaban J connectivity index is 3.29. The predicted molar refractivity (Wildman–Crippen MR) is 99.5 cm³/mol. The molecule has 0 aliphatic heterocycles. The SMILES string of the molecule is CCCCCCCCCCCOC(=O)CCCC(=O)OCCOCC. The molecular weight excluding hydrogens is 320 g/mol. The second-order valence-corrected chi connectivity index (χ2v) is 6.32. The zero-order chi connectivity index (χ0) is 18.6. The van der Waals surface area contributed by atoms with Gasteiger partial charge in [-0.25, -0.2) is 0 Å². The van der Waals surface area contributed by atoms with Crippen molar-refractivity contribution < 1.29 is 23.8 Å². The standard InChI is InChI=1S/C20H38O5/c1-3-5-6-7-8-9-10-11-12-16-24-19(21)14-13-15-20(22)25-18-17-23-4-2/h3-18H2,1-2H3. The van der Waals surface area contributed by atoms with Crippen molar-refractivity contribution in [2.24, 2.45) is 0 Å². The van der Waals surface area contributed by atoms with Crippen LogP contribution in [-0.4, -0.2) is 38.4 Å². The van der Waals surface area contributed by atoms with Gasteiger partial charge in [-0.05, 0) is 19.8 Å². The summed E-state index contributed by atoms with van der Waals surface area (Å²) in [5, 5.41) is 0. The fraction of sp³-hybridized carbons (Fsp3) is 0.900. The van der Waals surface area contributed by atoms with E-state index in [1.165, 1.54) is 44.9 Å². The number of hydrogen-bond donors (Lipinski definition) is 0. The topological polar surface area (TPSA) is 61.8 Å². The lowest BCUT2D eigenvalue weighted by Gasteiger charge is -2.06. The van der Waals surface area contributed by atoms with Gasteiger partial charge in [0, 0.05) is 19.4 Å². The number of esters is 2. The maximum atomic E-state index is 11.6. The molecule has 0 atom stereocenters. The monoisotopic (exact) mass is 358 g/mol. The van der Waals surface area contributed by atoms with Crippen LogP contribution in [0.5, 0.6) is 0 Å². The molecule has 0 aliphatic carbocycles. The molecule has 0 radical (unpaired) electrons. The maximum absolute atomic E-state index is 11.6. The maximum Gasteiger partial charge on any atom is 0.305 e. The van der Waals surface area contributed by atoms with Crippen LogP contribution in [0, 0.1) is 0 Å². The van der Waals surface area contributed by atoms with Crippen molar-refractivity contribution >= 4 is 11.9 Å². The van der Waals surface area contributed by atoms with E-state index in [2.05, 4.69) is 6.92 Å². The van der Waals surface area contributed by atoms with E-state index in [-0.39, 0.29) is 31.4 Å². The Kier molecular flexibility index (Phi) is 18.4. The number of hydrogen-bond acceptors (Lipinski definition) is 5. The van der Waals surface area contributed by atoms with Gasteiger partial charge in [0.05, 0.1) is 13.2 Å². The fourth-order valence-electron chi connectivity index (χ4n) is 2.48. The summed E-state index contributed by atoms with van der Waals surface area (Å²) in [5.41, 5.74) is 0. The molecular formula is C20H38O5. The van der Waals surface area contributed by atoms with E-state index in [0.29, 0.717) is 26.2 Å². The average molecular weight is 359 g/mol. The molecule has 0 saturated carbocycles. The van der Waals surface area contributed by atoms with Crippen LogP contribution in [0.4, 0.5) is 0 Å². The van der Waals surface area contributed by atoms with Crippen LogP contribution >= 0.6 is 0 Å². The van der Waals surface area contributed by atoms with Crippen LogP contribution in [0.3, 0.4) is 0 Å². The third kappa shape index (κ3) is 19.1. The molecule has 0 aromatic carbocycles. The van der Waals surface area contributed by atoms with E-state index in [9.17, 15) is 9.59 Å². The van der Waals surface area contributed by atoms with E-state index in [4.69, 9.17) is 14.2 Å². The zero-order valence-electron chi connectivity index (χ0n) is 16.4. The van der Waals surface area contributed by atoms with Crippen LogP contribution in [-0.2, 0) is 23.8 Å². The highest BCUT2D eigenvalue weighted by atomic mass is 16.6. The van der Waals surface area contributed by atoms with Gasteiger partial charge in [0.2, 0.25) is 0 Å². The number of carbonyl (C=O) groups is 2. The fourth-order valence-corrected chi connectivity index (χ4v) is 2.48. The van der Waals surface area contributed by atoms with Crippen molar-refractivity contribution in [2.75, 3.05) is 26.4 Å². The molecule has 0 spiro atoms. The Morgan fingerprint density at radius 1 is 0.600 bits per heavy atom. The Morgan fingerprint density at radius 2 is 1.12 bits per heavy atom. The molecule has 0 heterocycles. The molecule has 0 saturated heterocycles. The first-order valence-corrected chi connectivity index (χ1v) is 10.1. The minimum atomic E-state index is -0.286. The summed E-state index contributed by atoms with van der Waals surface area (Å²) in [5.74, 6) is -0.506. The molecule has 25 heavy (non-hydrogen) atoms. The van der Waals surface area contributed by atoms with Crippen molar-refractivity contribution in [1.82, 2.24) is 0 Å². The zero-order valence-corrected chi connectivity index (χ0v) is 16.4. The molecule has 0 aliphatic rings. The third-order valence-electron chi connectivity index (χ3n) is 3.97. The van der Waals surface area contributed by atoms with Gasteiger partial charge in [-0.1, -0.05) is 58.3 Å². The Bertz CT molecular complexity index is 317. The van der Waals surface area contributed by atoms with Crippen molar-refractivity contribution in [3.8, 4) is 0 Å². The highest BCUT2D eigenvalue weighted by Crippen LogP contribution is 2.09. The van der Waals surface area contributed by atoms with Gasteiger partial charge in [-0.2, -0.15) is 0 Å². The van der Waals surface area contributed by atoms with E-state index in [0.717, 1.165) is 12.8 Å². The molecule has 0 amide bonds. The minimum absolute atomic E-state index is 0.221. The van der Waals surface area contributed by atoms with E-state index in [1.807, 2.05) is 6.92 Å². The van der Waals surface area contributed by atoms with E-state index < -0.39 is 0 Å². The Hall–Kier alpha value is -1.10. The molecule has 0 unspecified atom stereocenters. The molecule has 5 heteroatoms. The smallest absolute Gasteiger partial charge is 0.305 e. The molecule has 0 N–H and O–H groups in total. The summed E-state index contributed by atoms with van der Waals surface area (Å²) in [6, 6.07) is 0. The molecule has 0 bridgehead atoms. The number of unbranched alkanes of at least 4 members (excludes halogenated alkanes) is 8. The predicted octanol–water partition coefficient (Wildman–Crippen LogP) is 4.81. The summed E-state index contributed by atoms with van der Waals surface area (Å²) in [6.07, 6.45) is 12.2. The highest BCUT2D eigenvalue weighted by molar-refractivity contribution is 5.72. The Morgan fingerprint density at radius 3 is 1.68 bits per heavy atom. The third-order valence-corrected chi connectivity index (χ3v) is 3.97. The first-order chi connectivity index (χ1) is 12.2. The van der Waals surface area contributed by atoms with Crippen molar-refractivity contribution in [3.05, 3.63) is 0 Å². The average Bonchev–Trinajstić information content (AvgIpc) is 2.60. The van der Waals surface area contributed by atoms with Crippen molar-refractivity contribution in [1.29, 1.82) is 0 Å². The second-order valence-electron chi connectivity index (χ2n) is 6.32. The number of carbonyl (C=O) groups excluding carboxylic acids is 2. The lowest BCUT2D eigenvalue weighted by molar-refractivity contribution is -0.146. The van der Waals surface area contributed by atoms with Crippen LogP contribution < -0.4 is 0 Å². The van der Waals surface area contributed by atoms with Crippen LogP contribution in [0.2, 0.25) is 0 Å². The van der Waals surface area contributed by atoms with Gasteiger partial charge in [0.1, 0.15) is 6.61 Å². The lowest BCUT2D eigenvalue weighted by atomic mass is 10.1. The lowest BCUT2D eigenvalue weighted by Crippen LogP contribution is -2.11. The largest absolute Gasteiger partial charge is 0.466 e. The number of rotatable bonds is 18. The summed E-state index contributed by atoms with van der Waals surface area (Å²) in [6.45, 7) is 5.92. The molecule has 0 rings (SSSR count). The van der Waals surface area contributed by atoms with E-state index in [1.54, 1.807) is 0 Å². The van der Waals surface area contributed by atoms with Gasteiger partial charge in [-0.15, -0.1) is 0 Å². The summed E-state index contributed by atoms with van der Waals surface area (Å²) in [7, 11) is 0. The van der Waals surface area contributed by atoms with Crippen LogP contribution in [0.25, 0.3) is 0 Å². The first-order valence-electron chi connectivity index (χ1n) is 10.1. The molecule has 5 nitrogen and oxygen atoms in total. The normalized spacial score (nSPS) is 10.6. The second kappa shape index (κ2) is 19.2. The van der Waals surface area contributed by atoms with Gasteiger partial charge >= 0.3 is 11.9 Å². The first kappa shape index (κ1) is 23.9. The summed E-state index contributed by atoms with van der Waals surface area (Å²) >= 11 is 0. The van der Waals surface area contributed by atoms with Crippen LogP contribution in [0.1, 0.15) is 90.9 Å². The Labute approximate surface area is 153 Å². The summed E-state index contributed by atoms with van der Waals surface area (Å²) < 4.78 is 15.2. The molecule has 148 valence electrons. The number of ether oxygens (including phenoxy) is 3. The van der Waals surface area contributed by atoms with Crippen molar-refractivity contribution in [3.63, 3.8) is 0 Å². The van der Waals surface area contributed by atoms with Gasteiger partial charge in [-0.3, -0.25) is 9.59 Å². The van der Waals surface area contributed by atoms with Gasteiger partial charge in [0.15, 0.2) is 0 Å². The van der Waals surface area contributed by atoms with Crippen LogP contribution in [0.15, 0.2) is 0 Å². The van der Waals surface area contributed by atoms with Gasteiger partial charge in [0.25, 0.3) is 0 Å². The molecule has 0 aromatic rings. The molecule has 0 fully saturated rings. The van der Waals surface area contributed by atoms with Crippen molar-refractivity contribution in [2.45, 2.75) is 90.9 Å². The quantitative estimate of drug-likeness (QED) is 0.260. The summed E-state index contributed by atoms with van der Waals surface area (Å²) in [4.78, 5) is 23.0.